The van der Waals surface area contributed by atoms with E-state index in [9.17, 15) is 0 Å². The Balaban J connectivity index is 1.40. The molecule has 0 spiro atoms. The molecule has 1 saturated carbocycles. The molecule has 1 aliphatic carbocycles. The third-order valence-corrected chi connectivity index (χ3v) is 7.91. The lowest BCUT2D eigenvalue weighted by molar-refractivity contribution is -0.911. The van der Waals surface area contributed by atoms with Crippen molar-refractivity contribution >= 4 is 23.2 Å². The topological polar surface area (TPSA) is 21.3 Å². The lowest BCUT2D eigenvalue weighted by Gasteiger charge is -2.37. The highest BCUT2D eigenvalue weighted by atomic mass is 35.5. The van der Waals surface area contributed by atoms with Crippen LogP contribution in [-0.4, -0.2) is 55.2 Å². The van der Waals surface area contributed by atoms with Gasteiger partial charge in [-0.25, -0.2) is 0 Å². The van der Waals surface area contributed by atoms with E-state index in [1.807, 2.05) is 30.3 Å². The number of hydrogen-bond acceptors (Lipinski definition) is 2. The van der Waals surface area contributed by atoms with Gasteiger partial charge in [0, 0.05) is 24.4 Å². The van der Waals surface area contributed by atoms with Gasteiger partial charge >= 0.3 is 0 Å². The van der Waals surface area contributed by atoms with Gasteiger partial charge in [-0.05, 0) is 23.3 Å². The summed E-state index contributed by atoms with van der Waals surface area (Å²) in [5.74, 6) is 0.995. The van der Waals surface area contributed by atoms with Crippen molar-refractivity contribution < 1.29 is 9.22 Å². The quantitative estimate of drug-likeness (QED) is 0.555. The average Bonchev–Trinajstić information content (AvgIpc) is 3.16. The summed E-state index contributed by atoms with van der Waals surface area (Å²) >= 11 is 13.5. The Morgan fingerprint density at radius 2 is 1.68 bits per heavy atom. The molecule has 28 heavy (non-hydrogen) atoms. The fourth-order valence-corrected chi connectivity index (χ4v) is 5.53. The minimum absolute atomic E-state index is 0.0912. The Bertz CT molecular complexity index is 803. The second-order valence-electron chi connectivity index (χ2n) is 8.58. The van der Waals surface area contributed by atoms with E-state index in [1.165, 1.54) is 5.56 Å². The molecule has 1 N–H and O–H groups in total. The predicted molar refractivity (Wildman–Crippen MR) is 117 cm³/mol. The van der Waals surface area contributed by atoms with Gasteiger partial charge in [0.1, 0.15) is 23.2 Å². The molecule has 0 radical (unpaired) electrons. The van der Waals surface area contributed by atoms with Crippen LogP contribution in [0.3, 0.4) is 0 Å². The first-order valence-corrected chi connectivity index (χ1v) is 10.8. The zero-order chi connectivity index (χ0) is 19.8. The fraction of sp³-hybridized carbons (Fsp3) is 0.478. The molecule has 2 aliphatic rings. The molecule has 1 heterocycles. The van der Waals surface area contributed by atoms with Crippen LogP contribution < -0.4 is 10.1 Å². The van der Waals surface area contributed by atoms with Crippen molar-refractivity contribution in [2.45, 2.75) is 22.6 Å². The van der Waals surface area contributed by atoms with E-state index in [-0.39, 0.29) is 11.3 Å². The van der Waals surface area contributed by atoms with Crippen LogP contribution in [0.5, 0.6) is 5.75 Å². The lowest BCUT2D eigenvalue weighted by atomic mass is 9.93. The average molecular weight is 420 g/mol. The number of nitrogens with one attached hydrogen (secondary N) is 1. The van der Waals surface area contributed by atoms with Gasteiger partial charge in [-0.15, -0.1) is 0 Å². The maximum absolute atomic E-state index is 6.74. The van der Waals surface area contributed by atoms with Crippen LogP contribution >= 0.6 is 23.2 Å². The van der Waals surface area contributed by atoms with Crippen LogP contribution in [0.25, 0.3) is 0 Å². The van der Waals surface area contributed by atoms with Gasteiger partial charge < -0.3 is 14.5 Å². The number of nitrogens with zero attached hydrogens (tertiary/aromatic N) is 1. The molecule has 4 rings (SSSR count). The second-order valence-corrected chi connectivity index (χ2v) is 9.97. The smallest absolute Gasteiger partial charge is 0.137 e. The predicted octanol–water partition coefficient (Wildman–Crippen LogP) is 4.34. The minimum atomic E-state index is -0.794. The molecule has 1 saturated heterocycles. The molecule has 2 atom stereocenters. The van der Waals surface area contributed by atoms with Crippen molar-refractivity contribution in [2.75, 3.05) is 46.4 Å². The van der Waals surface area contributed by atoms with Crippen LogP contribution in [0, 0.1) is 0 Å². The Labute approximate surface area is 178 Å². The van der Waals surface area contributed by atoms with Crippen molar-refractivity contribution in [3.05, 3.63) is 65.7 Å². The first-order chi connectivity index (χ1) is 13.4. The second kappa shape index (κ2) is 7.53. The summed E-state index contributed by atoms with van der Waals surface area (Å²) in [6.45, 7) is 8.41. The SMILES string of the molecule is CC1(c2ccc(OCC[N+]3(C)CCNCC3)cc2)C(c2ccccc2)C1(Cl)Cl. The Kier molecular flexibility index (Phi) is 5.39. The molecular weight excluding hydrogens is 391 g/mol. The number of benzene rings is 2. The molecule has 5 heteroatoms. The summed E-state index contributed by atoms with van der Waals surface area (Å²) in [7, 11) is 2.31. The first-order valence-electron chi connectivity index (χ1n) is 10.1. The largest absolute Gasteiger partial charge is 0.488 e. The minimum Gasteiger partial charge on any atom is -0.488 e. The van der Waals surface area contributed by atoms with E-state index in [0.29, 0.717) is 0 Å². The third kappa shape index (κ3) is 3.54. The number of ether oxygens (including phenoxy) is 1. The van der Waals surface area contributed by atoms with Crippen molar-refractivity contribution in [2.24, 2.45) is 0 Å². The number of likely N-dealkylation sites (N-methyl/N-ethyl adjacent to an activating group) is 1. The number of rotatable bonds is 6. The molecule has 2 aromatic rings. The van der Waals surface area contributed by atoms with Gasteiger partial charge in [0.2, 0.25) is 0 Å². The van der Waals surface area contributed by atoms with Gasteiger partial charge in [-0.2, -0.15) is 0 Å². The van der Waals surface area contributed by atoms with Crippen LogP contribution in [0.4, 0.5) is 0 Å². The molecule has 0 bridgehead atoms. The normalized spacial score (nSPS) is 27.9. The molecule has 1 aliphatic heterocycles. The van der Waals surface area contributed by atoms with Crippen LogP contribution in [0.1, 0.15) is 24.0 Å². The van der Waals surface area contributed by atoms with Crippen LogP contribution in [-0.2, 0) is 5.41 Å². The number of halogens is 2. The zero-order valence-electron chi connectivity index (χ0n) is 16.6. The summed E-state index contributed by atoms with van der Waals surface area (Å²) in [4.78, 5) is 0. The Morgan fingerprint density at radius 3 is 2.32 bits per heavy atom. The molecule has 3 nitrogen and oxygen atoms in total. The van der Waals surface area contributed by atoms with Crippen molar-refractivity contribution in [1.82, 2.24) is 5.32 Å². The Hall–Kier alpha value is -1.26. The molecule has 150 valence electrons. The first kappa shape index (κ1) is 20.0. The molecule has 0 amide bonds. The summed E-state index contributed by atoms with van der Waals surface area (Å²) in [5.41, 5.74) is 2.04. The van der Waals surface area contributed by atoms with Crippen molar-refractivity contribution in [3.63, 3.8) is 0 Å². The third-order valence-electron chi connectivity index (χ3n) is 6.69. The highest BCUT2D eigenvalue weighted by molar-refractivity contribution is 6.53. The number of alkyl halides is 2. The standard InChI is InChI=1S/C23H29Cl2N2O/c1-22(21(23(22,24)25)18-6-4-3-5-7-18)19-8-10-20(11-9-19)28-17-16-27(2)14-12-26-13-15-27/h3-11,21,26H,12-17H2,1-2H3/q+1. The van der Waals surface area contributed by atoms with Gasteiger partial charge in [-0.3, -0.25) is 0 Å². The Morgan fingerprint density at radius 1 is 1.04 bits per heavy atom. The fourth-order valence-electron chi connectivity index (χ4n) is 4.52. The summed E-state index contributed by atoms with van der Waals surface area (Å²) in [6, 6.07) is 18.6. The number of piperazine rings is 1. The summed E-state index contributed by atoms with van der Waals surface area (Å²) in [6.07, 6.45) is 0. The monoisotopic (exact) mass is 419 g/mol. The molecule has 2 unspecified atom stereocenters. The highest BCUT2D eigenvalue weighted by Crippen LogP contribution is 2.74. The molecule has 0 aromatic heterocycles. The molecule has 2 fully saturated rings. The van der Waals surface area contributed by atoms with E-state index >= 15 is 0 Å². The van der Waals surface area contributed by atoms with E-state index in [1.54, 1.807) is 0 Å². The van der Waals surface area contributed by atoms with E-state index in [4.69, 9.17) is 27.9 Å². The number of quaternary nitrogens is 1. The van der Waals surface area contributed by atoms with Crippen LogP contribution in [0.2, 0.25) is 0 Å². The maximum Gasteiger partial charge on any atom is 0.137 e. The molecule has 2 aromatic carbocycles. The van der Waals surface area contributed by atoms with Crippen LogP contribution in [0.15, 0.2) is 54.6 Å². The molecular formula is C23H29Cl2N2O+. The van der Waals surface area contributed by atoms with Crippen molar-refractivity contribution in [1.29, 1.82) is 0 Å². The maximum atomic E-state index is 6.74. The van der Waals surface area contributed by atoms with Crippen molar-refractivity contribution in [3.8, 4) is 5.75 Å². The van der Waals surface area contributed by atoms with E-state index in [0.717, 1.165) is 55.1 Å². The lowest BCUT2D eigenvalue weighted by Crippen LogP contribution is -2.57. The summed E-state index contributed by atoms with van der Waals surface area (Å²) < 4.78 is 6.30. The summed E-state index contributed by atoms with van der Waals surface area (Å²) in [5, 5.41) is 3.42. The highest BCUT2D eigenvalue weighted by Gasteiger charge is 2.74. The van der Waals surface area contributed by atoms with Gasteiger partial charge in [-0.1, -0.05) is 72.6 Å². The van der Waals surface area contributed by atoms with Gasteiger partial charge in [0.05, 0.1) is 20.1 Å². The van der Waals surface area contributed by atoms with Gasteiger partial charge in [0.25, 0.3) is 0 Å². The zero-order valence-corrected chi connectivity index (χ0v) is 18.1. The van der Waals surface area contributed by atoms with E-state index < -0.39 is 4.33 Å². The number of hydrogen-bond donors (Lipinski definition) is 1. The van der Waals surface area contributed by atoms with Gasteiger partial charge in [0.15, 0.2) is 0 Å². The van der Waals surface area contributed by atoms with E-state index in [2.05, 4.69) is 43.6 Å².